The van der Waals surface area contributed by atoms with Gasteiger partial charge in [0.15, 0.2) is 0 Å². The summed E-state index contributed by atoms with van der Waals surface area (Å²) in [6.07, 6.45) is 12.7. The summed E-state index contributed by atoms with van der Waals surface area (Å²) in [6, 6.07) is 21.4. The number of esters is 1. The Bertz CT molecular complexity index is 1060. The van der Waals surface area contributed by atoms with Crippen LogP contribution < -0.4 is 10.4 Å². The topological polar surface area (TPSA) is 76.0 Å². The van der Waals surface area contributed by atoms with Crippen LogP contribution in [0.4, 0.5) is 0 Å². The average Bonchev–Trinajstić information content (AvgIpc) is 3.29. The molecule has 2 aromatic rings. The first-order valence-electron chi connectivity index (χ1n) is 16.5. The van der Waals surface area contributed by atoms with Gasteiger partial charge in [0.2, 0.25) is 0 Å². The number of carbonyl (C=O) groups excluding carboxylic acids is 1. The van der Waals surface area contributed by atoms with Gasteiger partial charge in [-0.05, 0) is 47.0 Å². The zero-order chi connectivity index (χ0) is 31.3. The Hall–Kier alpha value is -2.25. The molecule has 0 radical (unpaired) electrons. The predicted octanol–water partition coefficient (Wildman–Crippen LogP) is 6.94. The first-order valence-corrected chi connectivity index (χ1v) is 18.4. The molecule has 0 spiro atoms. The molecule has 5 atom stereocenters. The second-order valence-electron chi connectivity index (χ2n) is 13.3. The number of unbranched alkanes of at least 4 members (excludes halogenated alkanes) is 5. The summed E-state index contributed by atoms with van der Waals surface area (Å²) in [7, 11) is -1.36. The van der Waals surface area contributed by atoms with Crippen LogP contribution in [0.25, 0.3) is 0 Å². The van der Waals surface area contributed by atoms with Crippen molar-refractivity contribution in [2.75, 3.05) is 7.11 Å². The third-order valence-electron chi connectivity index (χ3n) is 9.19. The lowest BCUT2D eigenvalue weighted by molar-refractivity contribution is -0.140. The van der Waals surface area contributed by atoms with E-state index in [4.69, 9.17) is 9.16 Å². The molecule has 2 N–H and O–H groups in total. The summed E-state index contributed by atoms with van der Waals surface area (Å²) in [6.45, 7) is 9.06. The fourth-order valence-electron chi connectivity index (χ4n) is 6.87. The van der Waals surface area contributed by atoms with Gasteiger partial charge in [0.05, 0.1) is 25.4 Å². The van der Waals surface area contributed by atoms with Gasteiger partial charge in [0.1, 0.15) is 0 Å². The molecule has 0 unspecified atom stereocenters. The van der Waals surface area contributed by atoms with Crippen molar-refractivity contribution in [2.24, 2.45) is 11.8 Å². The molecule has 0 saturated heterocycles. The van der Waals surface area contributed by atoms with Gasteiger partial charge in [-0.2, -0.15) is 0 Å². The molecule has 43 heavy (non-hydrogen) atoms. The Morgan fingerprint density at radius 3 is 2.12 bits per heavy atom. The van der Waals surface area contributed by atoms with Crippen molar-refractivity contribution in [2.45, 2.75) is 122 Å². The number of hydrogen-bond donors (Lipinski definition) is 2. The smallest absolute Gasteiger partial charge is 0.305 e. The van der Waals surface area contributed by atoms with Crippen molar-refractivity contribution in [3.05, 3.63) is 72.8 Å². The highest BCUT2D eigenvalue weighted by Gasteiger charge is 2.54. The average molecular weight is 609 g/mol. The monoisotopic (exact) mass is 608 g/mol. The summed E-state index contributed by atoms with van der Waals surface area (Å²) in [5.41, 5.74) is 0. The number of ether oxygens (including phenoxy) is 1. The Morgan fingerprint density at radius 2 is 1.56 bits per heavy atom. The van der Waals surface area contributed by atoms with Crippen molar-refractivity contribution in [1.82, 2.24) is 0 Å². The van der Waals surface area contributed by atoms with E-state index >= 15 is 0 Å². The molecule has 1 fully saturated rings. The largest absolute Gasteiger partial charge is 0.469 e. The molecular formula is C37H56O5Si. The van der Waals surface area contributed by atoms with Crippen LogP contribution in [0, 0.1) is 11.8 Å². The lowest BCUT2D eigenvalue weighted by Crippen LogP contribution is -2.68. The normalized spacial score (nSPS) is 21.7. The van der Waals surface area contributed by atoms with Gasteiger partial charge in [0.25, 0.3) is 8.32 Å². The number of methoxy groups -OCH3 is 1. The fraction of sp³-hybridized carbons (Fsp3) is 0.595. The molecule has 6 heteroatoms. The molecule has 2 aromatic carbocycles. The molecular weight excluding hydrogens is 552 g/mol. The van der Waals surface area contributed by atoms with Gasteiger partial charge < -0.3 is 19.4 Å². The van der Waals surface area contributed by atoms with Crippen molar-refractivity contribution in [1.29, 1.82) is 0 Å². The molecule has 0 bridgehead atoms. The van der Waals surface area contributed by atoms with Gasteiger partial charge in [-0.25, -0.2) is 0 Å². The Labute approximate surface area is 261 Å². The molecule has 1 aliphatic carbocycles. The predicted molar refractivity (Wildman–Crippen MR) is 179 cm³/mol. The molecule has 238 valence electrons. The maximum atomic E-state index is 11.5. The van der Waals surface area contributed by atoms with Crippen LogP contribution in [0.2, 0.25) is 5.04 Å². The minimum Gasteiger partial charge on any atom is -0.469 e. The van der Waals surface area contributed by atoms with Crippen molar-refractivity contribution in [3.8, 4) is 0 Å². The van der Waals surface area contributed by atoms with Gasteiger partial charge in [0, 0.05) is 12.3 Å². The maximum absolute atomic E-state index is 11.5. The molecule has 1 aliphatic rings. The van der Waals surface area contributed by atoms with E-state index in [9.17, 15) is 15.0 Å². The van der Waals surface area contributed by atoms with E-state index < -0.39 is 20.5 Å². The summed E-state index contributed by atoms with van der Waals surface area (Å²) in [5.74, 6) is -0.0872. The zero-order valence-corrected chi connectivity index (χ0v) is 28.2. The molecule has 0 heterocycles. The summed E-state index contributed by atoms with van der Waals surface area (Å²) in [5, 5.41) is 24.5. The van der Waals surface area contributed by atoms with E-state index in [1.807, 2.05) is 6.08 Å². The molecule has 3 rings (SSSR count). The van der Waals surface area contributed by atoms with Crippen molar-refractivity contribution >= 4 is 24.7 Å². The van der Waals surface area contributed by atoms with Gasteiger partial charge in [-0.3, -0.25) is 4.79 Å². The quantitative estimate of drug-likeness (QED) is 0.0881. The van der Waals surface area contributed by atoms with Crippen LogP contribution in [0.3, 0.4) is 0 Å². The minimum absolute atomic E-state index is 0.0703. The van der Waals surface area contributed by atoms with Crippen LogP contribution in [-0.4, -0.2) is 49.9 Å². The zero-order valence-electron chi connectivity index (χ0n) is 27.2. The van der Waals surface area contributed by atoms with Gasteiger partial charge >= 0.3 is 5.97 Å². The first kappa shape index (κ1) is 35.2. The number of carbonyl (C=O) groups is 1. The number of benzene rings is 2. The second kappa shape index (κ2) is 17.3. The Balaban J connectivity index is 1.91. The van der Waals surface area contributed by atoms with Crippen molar-refractivity contribution in [3.63, 3.8) is 0 Å². The summed E-state index contributed by atoms with van der Waals surface area (Å²) in [4.78, 5) is 11.5. The SMILES string of the molecule is CCCCC[C@H](O)/C=C/[C@@H]1[C@@H](CCCCCCC(=O)OC)[C@@H](O[Si](c2ccccc2)(c2ccccc2)C(C)(C)C)C[C@H]1O. The van der Waals surface area contributed by atoms with E-state index in [0.717, 1.165) is 57.8 Å². The summed E-state index contributed by atoms with van der Waals surface area (Å²) < 4.78 is 12.4. The highest BCUT2D eigenvalue weighted by atomic mass is 28.4. The third-order valence-corrected chi connectivity index (χ3v) is 14.3. The van der Waals surface area contributed by atoms with E-state index in [0.29, 0.717) is 12.8 Å². The van der Waals surface area contributed by atoms with Crippen LogP contribution in [-0.2, 0) is 14.0 Å². The maximum Gasteiger partial charge on any atom is 0.305 e. The molecule has 1 saturated carbocycles. The highest BCUT2D eigenvalue weighted by molar-refractivity contribution is 6.99. The van der Waals surface area contributed by atoms with E-state index in [-0.39, 0.29) is 28.9 Å². The van der Waals surface area contributed by atoms with Crippen LogP contribution in [0.5, 0.6) is 0 Å². The second-order valence-corrected chi connectivity index (χ2v) is 17.6. The van der Waals surface area contributed by atoms with Crippen LogP contribution in [0.15, 0.2) is 72.8 Å². The third kappa shape index (κ3) is 9.61. The standard InChI is InChI=1S/C37H56O5Si/c1-6-7-12-19-29(38)26-27-32-33(24-17-8-9-18-25-36(40)41-5)35(28-34(32)39)42-43(37(2,3)4,30-20-13-10-14-21-30)31-22-15-11-16-23-31/h10-11,13-16,20-23,26-27,29,32-35,38-39H,6-9,12,17-19,24-25,28H2,1-5H3/b27-26+/t29-,32+,33+,34+,35-/m0/s1. The molecule has 5 nitrogen and oxygen atoms in total. The van der Waals surface area contributed by atoms with E-state index in [2.05, 4.69) is 94.4 Å². The first-order chi connectivity index (χ1) is 20.6. The Kier molecular flexibility index (Phi) is 14.2. The van der Waals surface area contributed by atoms with E-state index in [1.165, 1.54) is 17.5 Å². The number of aliphatic hydroxyl groups excluding tert-OH is 2. The lowest BCUT2D eigenvalue weighted by Gasteiger charge is -2.45. The highest BCUT2D eigenvalue weighted by Crippen LogP contribution is 2.44. The Morgan fingerprint density at radius 1 is 0.953 bits per heavy atom. The van der Waals surface area contributed by atoms with Crippen LogP contribution >= 0.6 is 0 Å². The molecule has 0 aromatic heterocycles. The fourth-order valence-corrected chi connectivity index (χ4v) is 11.6. The van der Waals surface area contributed by atoms with Crippen LogP contribution in [0.1, 0.15) is 98.3 Å². The van der Waals surface area contributed by atoms with Gasteiger partial charge in [-0.1, -0.05) is 139 Å². The lowest BCUT2D eigenvalue weighted by atomic mass is 9.88. The minimum atomic E-state index is -2.79. The molecule has 0 amide bonds. The van der Waals surface area contributed by atoms with Crippen molar-refractivity contribution < 1.29 is 24.2 Å². The number of aliphatic hydroxyl groups is 2. The van der Waals surface area contributed by atoms with E-state index in [1.54, 1.807) is 0 Å². The number of rotatable bonds is 17. The number of hydrogen-bond acceptors (Lipinski definition) is 5. The van der Waals surface area contributed by atoms with Gasteiger partial charge in [-0.15, -0.1) is 0 Å². The summed E-state index contributed by atoms with van der Waals surface area (Å²) >= 11 is 0. The molecule has 0 aliphatic heterocycles.